The minimum Gasteiger partial charge on any atom is -0.379 e. The first-order valence-electron chi connectivity index (χ1n) is 20.5. The van der Waals surface area contributed by atoms with E-state index < -0.39 is 41.4 Å². The predicted octanol–water partition coefficient (Wildman–Crippen LogP) is 4.88. The highest BCUT2D eigenvalue weighted by Crippen LogP contribution is 2.29. The summed E-state index contributed by atoms with van der Waals surface area (Å²) in [5, 5.41) is 11.0. The molecule has 4 amide bonds. The maximum absolute atomic E-state index is 13.7. The van der Waals surface area contributed by atoms with Crippen LogP contribution in [0.4, 0.5) is 0 Å². The molecule has 0 bridgehead atoms. The molecule has 2 aliphatic rings. The predicted molar refractivity (Wildman–Crippen MR) is 223 cm³/mol. The van der Waals surface area contributed by atoms with Gasteiger partial charge in [0.2, 0.25) is 23.6 Å². The number of hydrogen-bond acceptors (Lipinski definition) is 8. The third-order valence-corrected chi connectivity index (χ3v) is 8.88. The Balaban J connectivity index is 0.00000113. The summed E-state index contributed by atoms with van der Waals surface area (Å²) in [5.41, 5.74) is 1.33. The lowest BCUT2D eigenvalue weighted by Crippen LogP contribution is -2.58. The maximum atomic E-state index is 13.7. The molecule has 2 aliphatic heterocycles. The Kier molecular flexibility index (Phi) is 24.5. The van der Waals surface area contributed by atoms with Gasteiger partial charge in [-0.2, -0.15) is 0 Å². The van der Waals surface area contributed by atoms with Crippen LogP contribution in [-0.2, 0) is 46.3 Å². The van der Waals surface area contributed by atoms with E-state index in [9.17, 15) is 24.0 Å². The molecular weight excluding hydrogens is 711 g/mol. The molecule has 0 aliphatic carbocycles. The zero-order valence-corrected chi connectivity index (χ0v) is 35.7. The number of ether oxygens (including phenoxy) is 2. The van der Waals surface area contributed by atoms with E-state index in [1.54, 1.807) is 6.92 Å². The normalized spacial score (nSPS) is 17.5. The second-order valence-corrected chi connectivity index (χ2v) is 14.6. The number of amides is 4. The zero-order chi connectivity index (χ0) is 42.1. The molecule has 0 unspecified atom stereocenters. The number of ketones is 1. The fraction of sp³-hybridized carbons (Fsp3) is 0.614. The molecule has 12 heteroatoms. The number of hydrogen-bond donors (Lipinski definition) is 4. The molecule has 2 aromatic rings. The standard InChI is InChI=1S/C32H49N5O7.C8H10.2C2H6/c1-21(2)15-24(29(40)32(5)20-44-32)35-31(42)26(17-23-9-7-6-8-10-23)36-30(41)25(16-22(3)4)34-27(38)18-33-28(39)19-37-11-13-43-14-12-37;1-2-8-6-4-3-5-7-8;2*1-2/h6-10,21-22,24-26H,11-20H2,1-5H3,(H,33,39)(H,34,38)(H,35,42)(H,36,41);3-7H,2H2,1H3;2*1-2H3/t24-,25-,26-,32+;;;/m0.../s1. The zero-order valence-electron chi connectivity index (χ0n) is 35.7. The number of Topliss-reactive ketones (excluding diaryl/α,β-unsaturated/α-hetero) is 1. The van der Waals surface area contributed by atoms with Crippen LogP contribution in [-0.4, -0.2) is 104 Å². The van der Waals surface area contributed by atoms with Gasteiger partial charge in [0, 0.05) is 19.5 Å². The van der Waals surface area contributed by atoms with Crippen molar-refractivity contribution in [2.24, 2.45) is 11.8 Å². The van der Waals surface area contributed by atoms with Crippen LogP contribution in [0.2, 0.25) is 0 Å². The molecule has 314 valence electrons. The number of nitrogens with one attached hydrogen (secondary N) is 4. The summed E-state index contributed by atoms with van der Waals surface area (Å²) in [6.45, 7) is 22.3. The lowest BCUT2D eigenvalue weighted by atomic mass is 9.93. The maximum Gasteiger partial charge on any atom is 0.243 e. The number of benzene rings is 2. The number of carbonyl (C=O) groups is 5. The number of carbonyl (C=O) groups excluding carboxylic acids is 5. The molecule has 2 fully saturated rings. The second kappa shape index (κ2) is 27.5. The van der Waals surface area contributed by atoms with Gasteiger partial charge in [0.25, 0.3) is 0 Å². The van der Waals surface area contributed by atoms with Crippen molar-refractivity contribution in [1.82, 2.24) is 26.2 Å². The highest BCUT2D eigenvalue weighted by Gasteiger charge is 2.50. The van der Waals surface area contributed by atoms with Gasteiger partial charge in [-0.3, -0.25) is 28.9 Å². The van der Waals surface area contributed by atoms with E-state index in [1.807, 2.05) is 96.7 Å². The molecule has 4 N–H and O–H groups in total. The fourth-order valence-corrected chi connectivity index (χ4v) is 5.78. The van der Waals surface area contributed by atoms with Crippen LogP contribution in [0, 0.1) is 11.8 Å². The van der Waals surface area contributed by atoms with E-state index >= 15 is 0 Å². The molecule has 0 saturated carbocycles. The third-order valence-electron chi connectivity index (χ3n) is 8.88. The van der Waals surface area contributed by atoms with E-state index in [4.69, 9.17) is 9.47 Å². The largest absolute Gasteiger partial charge is 0.379 e. The number of morpholine rings is 1. The summed E-state index contributed by atoms with van der Waals surface area (Å²) in [5.74, 6) is -1.82. The van der Waals surface area contributed by atoms with Crippen LogP contribution in [0.25, 0.3) is 0 Å². The molecule has 2 heterocycles. The van der Waals surface area contributed by atoms with Crippen LogP contribution >= 0.6 is 0 Å². The quantitative estimate of drug-likeness (QED) is 0.156. The van der Waals surface area contributed by atoms with Crippen molar-refractivity contribution < 1.29 is 33.4 Å². The lowest BCUT2D eigenvalue weighted by molar-refractivity contribution is -0.134. The molecule has 12 nitrogen and oxygen atoms in total. The molecular formula is C44H71N5O7. The van der Waals surface area contributed by atoms with Gasteiger partial charge in [-0.15, -0.1) is 0 Å². The summed E-state index contributed by atoms with van der Waals surface area (Å²) in [6, 6.07) is 17.0. The van der Waals surface area contributed by atoms with Crippen molar-refractivity contribution in [3.8, 4) is 0 Å². The Morgan fingerprint density at radius 2 is 1.18 bits per heavy atom. The van der Waals surface area contributed by atoms with Gasteiger partial charge in [0.1, 0.15) is 17.7 Å². The van der Waals surface area contributed by atoms with Crippen molar-refractivity contribution in [3.63, 3.8) is 0 Å². The Hall–Kier alpha value is -4.13. The summed E-state index contributed by atoms with van der Waals surface area (Å²) in [4.78, 5) is 67.5. The van der Waals surface area contributed by atoms with Gasteiger partial charge in [-0.05, 0) is 49.1 Å². The van der Waals surface area contributed by atoms with Crippen molar-refractivity contribution in [3.05, 3.63) is 71.8 Å². The lowest BCUT2D eigenvalue weighted by Gasteiger charge is -2.27. The first kappa shape index (κ1) is 49.9. The van der Waals surface area contributed by atoms with E-state index in [0.717, 1.165) is 12.0 Å². The Bertz CT molecular complexity index is 1430. The Morgan fingerprint density at radius 3 is 1.66 bits per heavy atom. The summed E-state index contributed by atoms with van der Waals surface area (Å²) in [7, 11) is 0. The van der Waals surface area contributed by atoms with Gasteiger partial charge in [-0.1, -0.05) is 123 Å². The smallest absolute Gasteiger partial charge is 0.243 e. The molecule has 4 rings (SSSR count). The van der Waals surface area contributed by atoms with Gasteiger partial charge in [0.05, 0.1) is 39.0 Å². The van der Waals surface area contributed by atoms with Crippen LogP contribution < -0.4 is 21.3 Å². The van der Waals surface area contributed by atoms with Crippen molar-refractivity contribution in [2.75, 3.05) is 46.0 Å². The highest BCUT2D eigenvalue weighted by molar-refractivity contribution is 5.98. The van der Waals surface area contributed by atoms with E-state index in [1.165, 1.54) is 5.56 Å². The summed E-state index contributed by atoms with van der Waals surface area (Å²) < 4.78 is 10.6. The Labute approximate surface area is 336 Å². The van der Waals surface area contributed by atoms with Gasteiger partial charge in [-0.25, -0.2) is 0 Å². The second-order valence-electron chi connectivity index (χ2n) is 14.6. The van der Waals surface area contributed by atoms with E-state index in [2.05, 4.69) is 52.5 Å². The van der Waals surface area contributed by atoms with Gasteiger partial charge in [0.15, 0.2) is 5.78 Å². The first-order chi connectivity index (χ1) is 26.8. The fourth-order valence-electron chi connectivity index (χ4n) is 5.78. The monoisotopic (exact) mass is 782 g/mol. The number of aryl methyl sites for hydroxylation is 1. The summed E-state index contributed by atoms with van der Waals surface area (Å²) in [6.07, 6.45) is 2.08. The average molecular weight is 782 g/mol. The molecule has 2 saturated heterocycles. The third kappa shape index (κ3) is 19.6. The molecule has 56 heavy (non-hydrogen) atoms. The molecule has 4 atom stereocenters. The topological polar surface area (TPSA) is 158 Å². The van der Waals surface area contributed by atoms with Crippen LogP contribution in [0.15, 0.2) is 60.7 Å². The van der Waals surface area contributed by atoms with Gasteiger partial charge >= 0.3 is 0 Å². The minimum absolute atomic E-state index is 0.0516. The van der Waals surface area contributed by atoms with Crippen LogP contribution in [0.5, 0.6) is 0 Å². The molecule has 0 spiro atoms. The molecule has 0 radical (unpaired) electrons. The summed E-state index contributed by atoms with van der Waals surface area (Å²) >= 11 is 0. The van der Waals surface area contributed by atoms with Crippen molar-refractivity contribution in [1.29, 1.82) is 0 Å². The van der Waals surface area contributed by atoms with Gasteiger partial charge < -0.3 is 30.7 Å². The SMILES string of the molecule is CC.CC.CC(C)C[C@H](NC(=O)CNC(=O)CN1CCOCC1)C(=O)N[C@@H](Cc1ccccc1)C(=O)N[C@@H](CC(C)C)C(=O)[C@@]1(C)CO1.CCc1ccccc1. The average Bonchev–Trinajstić information content (AvgIpc) is 3.96. The van der Waals surface area contributed by atoms with Crippen LogP contribution in [0.1, 0.15) is 93.2 Å². The number of nitrogens with zero attached hydrogens (tertiary/aromatic N) is 1. The highest BCUT2D eigenvalue weighted by atomic mass is 16.6. The van der Waals surface area contributed by atoms with E-state index in [0.29, 0.717) is 45.8 Å². The first-order valence-corrected chi connectivity index (χ1v) is 20.5. The van der Waals surface area contributed by atoms with E-state index in [-0.39, 0.29) is 43.0 Å². The number of epoxide rings is 1. The minimum atomic E-state index is -1.000. The number of rotatable bonds is 18. The van der Waals surface area contributed by atoms with Crippen molar-refractivity contribution >= 4 is 29.4 Å². The molecule has 0 aromatic heterocycles. The Morgan fingerprint density at radius 1 is 0.696 bits per heavy atom. The van der Waals surface area contributed by atoms with Crippen molar-refractivity contribution in [2.45, 2.75) is 119 Å². The molecule has 2 aromatic carbocycles. The van der Waals surface area contributed by atoms with Crippen LogP contribution in [0.3, 0.4) is 0 Å².